The molecule has 0 saturated carbocycles. The third-order valence-corrected chi connectivity index (χ3v) is 4.58. The van der Waals surface area contributed by atoms with Crippen LogP contribution in [0.2, 0.25) is 0 Å². The normalized spacial score (nSPS) is 12.2. The number of H-pyrrole nitrogens is 1. The summed E-state index contributed by atoms with van der Waals surface area (Å²) < 4.78 is 0. The minimum absolute atomic E-state index is 0.0138. The summed E-state index contributed by atoms with van der Waals surface area (Å²) in [7, 11) is 0. The Morgan fingerprint density at radius 2 is 1.64 bits per heavy atom. The quantitative estimate of drug-likeness (QED) is 0.528. The van der Waals surface area contributed by atoms with Crippen molar-refractivity contribution in [1.29, 1.82) is 0 Å². The Bertz CT molecular complexity index is 985. The van der Waals surface area contributed by atoms with Gasteiger partial charge in [-0.25, -0.2) is 0 Å². The highest BCUT2D eigenvalue weighted by Gasteiger charge is 2.21. The first-order chi connectivity index (χ1) is 12.2. The van der Waals surface area contributed by atoms with Gasteiger partial charge in [0.2, 0.25) is 0 Å². The van der Waals surface area contributed by atoms with Crippen LogP contribution in [0.15, 0.2) is 72.9 Å². The molecule has 0 spiro atoms. The van der Waals surface area contributed by atoms with Crippen molar-refractivity contribution >= 4 is 16.6 Å². The molecule has 0 radical (unpaired) electrons. The maximum Gasteiger partial charge on any atom is 0.0963 e. The zero-order valence-electron chi connectivity index (χ0n) is 14.5. The second-order valence-electron chi connectivity index (χ2n) is 6.41. The summed E-state index contributed by atoms with van der Waals surface area (Å²) >= 11 is 0. The molecule has 4 aromatic rings. The monoisotopic (exact) mass is 327 g/mol. The van der Waals surface area contributed by atoms with Gasteiger partial charge in [0.1, 0.15) is 0 Å². The van der Waals surface area contributed by atoms with E-state index in [4.69, 9.17) is 0 Å². The molecule has 2 N–H and O–H groups in total. The Labute approximate surface area is 147 Å². The molecule has 0 fully saturated rings. The molecule has 0 saturated heterocycles. The Kier molecular flexibility index (Phi) is 3.98. The molecule has 1 atom stereocenters. The fraction of sp³-hybridized carbons (Fsp3) is 0.136. The second-order valence-corrected chi connectivity index (χ2v) is 6.41. The first-order valence-electron chi connectivity index (χ1n) is 8.54. The van der Waals surface area contributed by atoms with Gasteiger partial charge in [0.15, 0.2) is 0 Å². The number of rotatable bonds is 4. The minimum Gasteiger partial charge on any atom is -0.373 e. The zero-order valence-corrected chi connectivity index (χ0v) is 14.5. The van der Waals surface area contributed by atoms with Crippen molar-refractivity contribution in [3.8, 4) is 0 Å². The molecule has 0 aliphatic carbocycles. The minimum atomic E-state index is -0.0138. The summed E-state index contributed by atoms with van der Waals surface area (Å²) in [6.45, 7) is 4.23. The Morgan fingerprint density at radius 3 is 2.40 bits per heavy atom. The molecule has 3 heteroatoms. The average Bonchev–Trinajstić information content (AvgIpc) is 2.98. The van der Waals surface area contributed by atoms with Crippen LogP contribution in [-0.2, 0) is 0 Å². The van der Waals surface area contributed by atoms with Gasteiger partial charge in [0.05, 0.1) is 11.7 Å². The van der Waals surface area contributed by atoms with Crippen LogP contribution in [0.3, 0.4) is 0 Å². The van der Waals surface area contributed by atoms with Gasteiger partial charge in [-0.2, -0.15) is 0 Å². The third kappa shape index (κ3) is 3.01. The number of anilines is 1. The smallest absolute Gasteiger partial charge is 0.0963 e. The van der Waals surface area contributed by atoms with E-state index in [-0.39, 0.29) is 6.04 Å². The van der Waals surface area contributed by atoms with E-state index in [1.165, 1.54) is 16.5 Å². The Hall–Kier alpha value is -3.07. The van der Waals surface area contributed by atoms with Gasteiger partial charge in [-0.05, 0) is 44.2 Å². The van der Waals surface area contributed by atoms with Crippen molar-refractivity contribution in [3.63, 3.8) is 0 Å². The maximum atomic E-state index is 4.62. The van der Waals surface area contributed by atoms with Crippen molar-refractivity contribution < 1.29 is 0 Å². The number of fused-ring (bicyclic) bond motifs is 1. The van der Waals surface area contributed by atoms with Crippen molar-refractivity contribution in [2.24, 2.45) is 0 Å². The number of aryl methyl sites for hydroxylation is 2. The van der Waals surface area contributed by atoms with Gasteiger partial charge in [-0.1, -0.05) is 42.0 Å². The number of hydrogen-bond donors (Lipinski definition) is 2. The summed E-state index contributed by atoms with van der Waals surface area (Å²) in [4.78, 5) is 8.12. The number of hydrogen-bond acceptors (Lipinski definition) is 2. The van der Waals surface area contributed by atoms with E-state index in [9.17, 15) is 0 Å². The van der Waals surface area contributed by atoms with Crippen molar-refractivity contribution in [1.82, 2.24) is 9.97 Å². The lowest BCUT2D eigenvalue weighted by Crippen LogP contribution is -2.14. The SMILES string of the molecule is Cc1ccc(N[C@H](c2ccccn2)c2c(C)[nH]c3ccccc23)cc1. The van der Waals surface area contributed by atoms with Crippen molar-refractivity contribution in [3.05, 3.63) is 95.4 Å². The highest BCUT2D eigenvalue weighted by atomic mass is 15.0. The number of pyridine rings is 1. The van der Waals surface area contributed by atoms with Crippen LogP contribution in [-0.4, -0.2) is 9.97 Å². The van der Waals surface area contributed by atoms with Gasteiger partial charge in [-0.15, -0.1) is 0 Å². The number of aromatic amines is 1. The van der Waals surface area contributed by atoms with Gasteiger partial charge < -0.3 is 10.3 Å². The first-order valence-corrected chi connectivity index (χ1v) is 8.54. The lowest BCUT2D eigenvalue weighted by Gasteiger charge is -2.21. The molecule has 0 bridgehead atoms. The molecule has 124 valence electrons. The summed E-state index contributed by atoms with van der Waals surface area (Å²) in [5, 5.41) is 4.91. The standard InChI is InChI=1S/C22H21N3/c1-15-10-12-17(13-11-15)25-22(20-9-5-6-14-23-20)21-16(2)24-19-8-4-3-7-18(19)21/h3-14,22,24-25H,1-2H3/t22-/m1/s1. The molecule has 0 aliphatic rings. The molecule has 2 aromatic carbocycles. The molecule has 25 heavy (non-hydrogen) atoms. The summed E-state index contributed by atoms with van der Waals surface area (Å²) in [5.74, 6) is 0. The molecule has 3 nitrogen and oxygen atoms in total. The first kappa shape index (κ1) is 15.5. The van der Waals surface area contributed by atoms with E-state index in [1.54, 1.807) is 0 Å². The average molecular weight is 327 g/mol. The number of nitrogens with zero attached hydrogens (tertiary/aromatic N) is 1. The number of para-hydroxylation sites is 1. The summed E-state index contributed by atoms with van der Waals surface area (Å²) in [6, 6.07) is 23.0. The predicted octanol–water partition coefficient (Wildman–Crippen LogP) is 5.38. The number of nitrogens with one attached hydrogen (secondary N) is 2. The zero-order chi connectivity index (χ0) is 17.2. The molecule has 0 aliphatic heterocycles. The molecule has 0 unspecified atom stereocenters. The number of aromatic nitrogens is 2. The summed E-state index contributed by atoms with van der Waals surface area (Å²) in [5.41, 5.74) is 6.91. The molecule has 0 amide bonds. The van der Waals surface area contributed by atoms with Crippen LogP contribution in [0.1, 0.15) is 28.6 Å². The third-order valence-electron chi connectivity index (χ3n) is 4.58. The van der Waals surface area contributed by atoms with Crippen LogP contribution >= 0.6 is 0 Å². The Morgan fingerprint density at radius 1 is 0.880 bits per heavy atom. The van der Waals surface area contributed by atoms with Crippen LogP contribution < -0.4 is 5.32 Å². The second kappa shape index (κ2) is 6.44. The van der Waals surface area contributed by atoms with E-state index in [1.807, 2.05) is 18.3 Å². The number of benzene rings is 2. The fourth-order valence-electron chi connectivity index (χ4n) is 3.33. The topological polar surface area (TPSA) is 40.7 Å². The van der Waals surface area contributed by atoms with Crippen LogP contribution in [0, 0.1) is 13.8 Å². The Balaban J connectivity index is 1.85. The van der Waals surface area contributed by atoms with Gasteiger partial charge in [-0.3, -0.25) is 4.98 Å². The highest BCUT2D eigenvalue weighted by Crippen LogP contribution is 2.33. The van der Waals surface area contributed by atoms with Crippen LogP contribution in [0.4, 0.5) is 5.69 Å². The van der Waals surface area contributed by atoms with Crippen LogP contribution in [0.25, 0.3) is 10.9 Å². The van der Waals surface area contributed by atoms with Gasteiger partial charge >= 0.3 is 0 Å². The fourth-order valence-corrected chi connectivity index (χ4v) is 3.33. The molecule has 2 aromatic heterocycles. The molecular weight excluding hydrogens is 306 g/mol. The maximum absolute atomic E-state index is 4.62. The molecular formula is C22H21N3. The van der Waals surface area contributed by atoms with E-state index in [0.717, 1.165) is 22.6 Å². The van der Waals surface area contributed by atoms with Gasteiger partial charge in [0, 0.05) is 34.0 Å². The lowest BCUT2D eigenvalue weighted by molar-refractivity contribution is 0.883. The van der Waals surface area contributed by atoms with E-state index in [0.29, 0.717) is 0 Å². The highest BCUT2D eigenvalue weighted by molar-refractivity contribution is 5.86. The van der Waals surface area contributed by atoms with Gasteiger partial charge in [0.25, 0.3) is 0 Å². The lowest BCUT2D eigenvalue weighted by atomic mass is 9.99. The van der Waals surface area contributed by atoms with Crippen molar-refractivity contribution in [2.75, 3.05) is 5.32 Å². The van der Waals surface area contributed by atoms with E-state index >= 15 is 0 Å². The van der Waals surface area contributed by atoms with Crippen molar-refractivity contribution in [2.45, 2.75) is 19.9 Å². The van der Waals surface area contributed by atoms with Crippen LogP contribution in [0.5, 0.6) is 0 Å². The molecule has 2 heterocycles. The summed E-state index contributed by atoms with van der Waals surface area (Å²) in [6.07, 6.45) is 1.85. The largest absolute Gasteiger partial charge is 0.373 e. The predicted molar refractivity (Wildman–Crippen MR) is 104 cm³/mol. The van der Waals surface area contributed by atoms with E-state index < -0.39 is 0 Å². The van der Waals surface area contributed by atoms with E-state index in [2.05, 4.69) is 83.7 Å². The molecule has 4 rings (SSSR count).